The van der Waals surface area contributed by atoms with Gasteiger partial charge >= 0.3 is 0 Å². The summed E-state index contributed by atoms with van der Waals surface area (Å²) in [5, 5.41) is 2.85. The Kier molecular flexibility index (Phi) is 6.07. The van der Waals surface area contributed by atoms with Crippen molar-refractivity contribution in [3.63, 3.8) is 0 Å². The van der Waals surface area contributed by atoms with Crippen LogP contribution in [0.3, 0.4) is 0 Å². The first-order valence-electron chi connectivity index (χ1n) is 8.14. The van der Waals surface area contributed by atoms with Crippen molar-refractivity contribution in [2.75, 3.05) is 18.0 Å². The molecule has 5 heteroatoms. The number of benzene rings is 1. The molecule has 126 valence electrons. The summed E-state index contributed by atoms with van der Waals surface area (Å²) in [5.74, 6) is -0.0457. The lowest BCUT2D eigenvalue weighted by Gasteiger charge is -2.20. The first-order valence-corrected chi connectivity index (χ1v) is 8.14. The van der Waals surface area contributed by atoms with Gasteiger partial charge in [-0.25, -0.2) is 0 Å². The fraction of sp³-hybridized carbons (Fsp3) is 0.316. The van der Waals surface area contributed by atoms with Gasteiger partial charge in [-0.2, -0.15) is 0 Å². The molecule has 0 atom stereocenters. The smallest absolute Gasteiger partial charge is 0.276 e. The lowest BCUT2D eigenvalue weighted by Crippen LogP contribution is -2.32. The number of aromatic nitrogens is 1. The number of amides is 2. The summed E-state index contributed by atoms with van der Waals surface area (Å²) in [6.07, 6.45) is 1.50. The summed E-state index contributed by atoms with van der Waals surface area (Å²) in [6, 6.07) is 12.6. The normalized spacial score (nSPS) is 10.5. The molecule has 0 aliphatic carbocycles. The van der Waals surface area contributed by atoms with E-state index < -0.39 is 0 Å². The van der Waals surface area contributed by atoms with Gasteiger partial charge in [0.1, 0.15) is 5.69 Å². The number of pyridine rings is 1. The maximum atomic E-state index is 12.7. The van der Waals surface area contributed by atoms with E-state index in [0.29, 0.717) is 24.6 Å². The van der Waals surface area contributed by atoms with E-state index in [1.54, 1.807) is 17.0 Å². The second-order valence-electron chi connectivity index (χ2n) is 5.92. The van der Waals surface area contributed by atoms with Gasteiger partial charge in [-0.3, -0.25) is 14.6 Å². The predicted molar refractivity (Wildman–Crippen MR) is 95.2 cm³/mol. The molecule has 0 fully saturated rings. The molecule has 2 rings (SSSR count). The van der Waals surface area contributed by atoms with E-state index in [4.69, 9.17) is 0 Å². The molecule has 1 heterocycles. The maximum absolute atomic E-state index is 12.7. The molecule has 24 heavy (non-hydrogen) atoms. The van der Waals surface area contributed by atoms with Crippen LogP contribution >= 0.6 is 0 Å². The minimum absolute atomic E-state index is 0.192. The molecule has 0 saturated heterocycles. The molecule has 0 radical (unpaired) electrons. The Morgan fingerprint density at radius 2 is 1.88 bits per heavy atom. The van der Waals surface area contributed by atoms with E-state index in [-0.39, 0.29) is 17.5 Å². The molecule has 0 spiro atoms. The predicted octanol–water partition coefficient (Wildman–Crippen LogP) is 3.13. The number of anilines is 1. The van der Waals surface area contributed by atoms with Crippen LogP contribution in [0.1, 0.15) is 41.6 Å². The van der Waals surface area contributed by atoms with Crippen molar-refractivity contribution in [2.45, 2.75) is 20.8 Å². The first-order chi connectivity index (χ1) is 11.5. The highest BCUT2D eigenvalue weighted by Crippen LogP contribution is 2.16. The molecule has 0 aliphatic heterocycles. The van der Waals surface area contributed by atoms with Crippen molar-refractivity contribution in [2.24, 2.45) is 5.92 Å². The second-order valence-corrected chi connectivity index (χ2v) is 5.92. The zero-order chi connectivity index (χ0) is 17.5. The topological polar surface area (TPSA) is 62.3 Å². The number of hydrogen-bond donors (Lipinski definition) is 1. The van der Waals surface area contributed by atoms with E-state index in [2.05, 4.69) is 10.3 Å². The van der Waals surface area contributed by atoms with Gasteiger partial charge < -0.3 is 10.2 Å². The van der Waals surface area contributed by atoms with Crippen molar-refractivity contribution < 1.29 is 9.59 Å². The van der Waals surface area contributed by atoms with Crippen LogP contribution in [-0.2, 0) is 0 Å². The molecule has 1 N–H and O–H groups in total. The van der Waals surface area contributed by atoms with Crippen LogP contribution in [0.5, 0.6) is 0 Å². The molecular formula is C19H23N3O2. The highest BCUT2D eigenvalue weighted by atomic mass is 16.2. The molecule has 5 nitrogen and oxygen atoms in total. The average Bonchev–Trinajstić information content (AvgIpc) is 2.61. The van der Waals surface area contributed by atoms with E-state index in [9.17, 15) is 9.59 Å². The van der Waals surface area contributed by atoms with Gasteiger partial charge in [-0.15, -0.1) is 0 Å². The Bertz CT molecular complexity index is 699. The molecule has 0 bridgehead atoms. The van der Waals surface area contributed by atoms with E-state index >= 15 is 0 Å². The lowest BCUT2D eigenvalue weighted by atomic mass is 10.1. The zero-order valence-corrected chi connectivity index (χ0v) is 14.3. The minimum atomic E-state index is -0.220. The largest absolute Gasteiger partial charge is 0.352 e. The molecular weight excluding hydrogens is 302 g/mol. The van der Waals surface area contributed by atoms with Gasteiger partial charge in [0.2, 0.25) is 0 Å². The van der Waals surface area contributed by atoms with E-state index in [1.807, 2.05) is 51.1 Å². The number of nitrogens with zero attached hydrogens (tertiary/aromatic N) is 2. The number of hydrogen-bond acceptors (Lipinski definition) is 3. The van der Waals surface area contributed by atoms with Gasteiger partial charge in [-0.05, 0) is 37.1 Å². The van der Waals surface area contributed by atoms with Crippen LogP contribution in [-0.4, -0.2) is 29.9 Å². The first kappa shape index (κ1) is 17.7. The third-order valence-electron chi connectivity index (χ3n) is 3.54. The molecule has 0 unspecified atom stereocenters. The van der Waals surface area contributed by atoms with Gasteiger partial charge in [-0.1, -0.05) is 32.0 Å². The second kappa shape index (κ2) is 8.24. The molecule has 0 saturated carbocycles. The minimum Gasteiger partial charge on any atom is -0.352 e. The highest BCUT2D eigenvalue weighted by Gasteiger charge is 2.18. The number of nitrogens with one attached hydrogen (secondary N) is 1. The van der Waals surface area contributed by atoms with Crippen LogP contribution in [0, 0.1) is 5.92 Å². The third kappa shape index (κ3) is 4.41. The van der Waals surface area contributed by atoms with Gasteiger partial charge in [0.25, 0.3) is 11.8 Å². The summed E-state index contributed by atoms with van der Waals surface area (Å²) in [5.41, 5.74) is 1.51. The molecule has 0 aliphatic rings. The van der Waals surface area contributed by atoms with Gasteiger partial charge in [0.15, 0.2) is 0 Å². The summed E-state index contributed by atoms with van der Waals surface area (Å²) in [7, 11) is 0. The van der Waals surface area contributed by atoms with Crippen molar-refractivity contribution in [3.05, 3.63) is 59.9 Å². The Hall–Kier alpha value is -2.69. The number of rotatable bonds is 6. The molecule has 2 aromatic rings. The van der Waals surface area contributed by atoms with Crippen LogP contribution < -0.4 is 10.2 Å². The Morgan fingerprint density at radius 1 is 1.17 bits per heavy atom. The quantitative estimate of drug-likeness (QED) is 0.887. The van der Waals surface area contributed by atoms with Crippen LogP contribution in [0.4, 0.5) is 5.69 Å². The highest BCUT2D eigenvalue weighted by molar-refractivity contribution is 6.06. The summed E-state index contributed by atoms with van der Waals surface area (Å²) >= 11 is 0. The van der Waals surface area contributed by atoms with Crippen molar-refractivity contribution in [1.82, 2.24) is 10.3 Å². The molecule has 1 aromatic carbocycles. The fourth-order valence-electron chi connectivity index (χ4n) is 2.28. The monoisotopic (exact) mass is 325 g/mol. The maximum Gasteiger partial charge on any atom is 0.276 e. The Labute approximate surface area is 142 Å². The van der Waals surface area contributed by atoms with Crippen molar-refractivity contribution >= 4 is 17.5 Å². The summed E-state index contributed by atoms with van der Waals surface area (Å²) < 4.78 is 0. The van der Waals surface area contributed by atoms with Crippen molar-refractivity contribution in [1.29, 1.82) is 0 Å². The van der Waals surface area contributed by atoms with E-state index in [1.165, 1.54) is 6.20 Å². The van der Waals surface area contributed by atoms with Gasteiger partial charge in [0, 0.05) is 30.5 Å². The van der Waals surface area contributed by atoms with Crippen LogP contribution in [0.15, 0.2) is 48.7 Å². The SMILES string of the molecule is CCN(C(=O)c1cc(C(=O)NCC(C)C)ccn1)c1ccccc1. The van der Waals surface area contributed by atoms with Crippen molar-refractivity contribution in [3.8, 4) is 0 Å². The number of carbonyl (C=O) groups is 2. The molecule has 2 amide bonds. The van der Waals surface area contributed by atoms with Crippen LogP contribution in [0.2, 0.25) is 0 Å². The Morgan fingerprint density at radius 3 is 2.50 bits per heavy atom. The summed E-state index contributed by atoms with van der Waals surface area (Å²) in [4.78, 5) is 30.7. The average molecular weight is 325 g/mol. The standard InChI is InChI=1S/C19H23N3O2/c1-4-22(16-8-6-5-7-9-16)19(24)17-12-15(10-11-20-17)18(23)21-13-14(2)3/h5-12,14H,4,13H2,1-3H3,(H,21,23). The fourth-order valence-corrected chi connectivity index (χ4v) is 2.28. The van der Waals surface area contributed by atoms with Crippen LogP contribution in [0.25, 0.3) is 0 Å². The lowest BCUT2D eigenvalue weighted by molar-refractivity contribution is 0.0949. The van der Waals surface area contributed by atoms with Gasteiger partial charge in [0.05, 0.1) is 0 Å². The number of para-hydroxylation sites is 1. The Balaban J connectivity index is 2.20. The van der Waals surface area contributed by atoms with E-state index in [0.717, 1.165) is 5.69 Å². The number of carbonyl (C=O) groups excluding carboxylic acids is 2. The third-order valence-corrected chi connectivity index (χ3v) is 3.54. The molecule has 1 aromatic heterocycles. The zero-order valence-electron chi connectivity index (χ0n) is 14.3. The summed E-state index contributed by atoms with van der Waals surface area (Å²) in [6.45, 7) is 7.08.